The molecule has 3 aromatic carbocycles. The molecule has 1 aliphatic rings. The van der Waals surface area contributed by atoms with Crippen LogP contribution in [0.4, 0.5) is 11.4 Å². The van der Waals surface area contributed by atoms with Crippen LogP contribution in [0.15, 0.2) is 99.1 Å². The van der Waals surface area contributed by atoms with Crippen LogP contribution in [0.1, 0.15) is 11.7 Å². The van der Waals surface area contributed by atoms with Gasteiger partial charge in [0, 0.05) is 20.3 Å². The number of anilines is 2. The fraction of sp³-hybridized carbons (Fsp3) is 0.120. The Morgan fingerprint density at radius 3 is 1.94 bits per heavy atom. The molecule has 0 aromatic heterocycles. The fourth-order valence-corrected chi connectivity index (χ4v) is 4.45. The van der Waals surface area contributed by atoms with Crippen LogP contribution in [0.3, 0.4) is 0 Å². The van der Waals surface area contributed by atoms with Crippen LogP contribution in [0.2, 0.25) is 0 Å². The smallest absolute Gasteiger partial charge is 0.355 e. The SMILES string of the molecule is COC(=O)C1=C(C(=O)O)CN(c2ccc(Br)cc2)C(c2ccccc2)N1c1ccc(Br)cc1. The monoisotopic (exact) mass is 570 g/mol. The minimum absolute atomic E-state index is 0.00883. The van der Waals surface area contributed by atoms with E-state index in [1.165, 1.54) is 7.11 Å². The summed E-state index contributed by atoms with van der Waals surface area (Å²) in [4.78, 5) is 29.0. The first-order valence-corrected chi connectivity index (χ1v) is 11.7. The highest BCUT2D eigenvalue weighted by atomic mass is 79.9. The first-order chi connectivity index (χ1) is 15.9. The number of halogens is 2. The van der Waals surface area contributed by atoms with Gasteiger partial charge >= 0.3 is 11.9 Å². The Morgan fingerprint density at radius 1 is 0.879 bits per heavy atom. The number of hydrogen-bond acceptors (Lipinski definition) is 5. The number of methoxy groups -OCH3 is 1. The number of carbonyl (C=O) groups is 2. The van der Waals surface area contributed by atoms with Crippen molar-refractivity contribution in [3.05, 3.63) is 105 Å². The van der Waals surface area contributed by atoms with E-state index in [2.05, 4.69) is 31.9 Å². The van der Waals surface area contributed by atoms with Crippen molar-refractivity contribution in [2.75, 3.05) is 23.5 Å². The molecule has 1 N–H and O–H groups in total. The maximum atomic E-state index is 13.0. The lowest BCUT2D eigenvalue weighted by atomic mass is 9.99. The van der Waals surface area contributed by atoms with Gasteiger partial charge in [-0.1, -0.05) is 62.2 Å². The molecule has 0 saturated heterocycles. The van der Waals surface area contributed by atoms with Crippen molar-refractivity contribution in [3.8, 4) is 0 Å². The average molecular weight is 572 g/mol. The van der Waals surface area contributed by atoms with Gasteiger partial charge in [-0.15, -0.1) is 0 Å². The van der Waals surface area contributed by atoms with E-state index >= 15 is 0 Å². The third kappa shape index (κ3) is 4.67. The molecular formula is C25H20Br2N2O4. The summed E-state index contributed by atoms with van der Waals surface area (Å²) in [5.74, 6) is -1.88. The maximum Gasteiger partial charge on any atom is 0.355 e. The predicted molar refractivity (Wildman–Crippen MR) is 134 cm³/mol. The van der Waals surface area contributed by atoms with Gasteiger partial charge in [0.2, 0.25) is 0 Å². The number of carboxylic acid groups (broad SMARTS) is 1. The number of carbonyl (C=O) groups excluding carboxylic acids is 1. The molecule has 168 valence electrons. The summed E-state index contributed by atoms with van der Waals surface area (Å²) in [6, 6.07) is 24.7. The summed E-state index contributed by atoms with van der Waals surface area (Å²) >= 11 is 6.91. The Labute approximate surface area is 208 Å². The Morgan fingerprint density at radius 2 is 1.42 bits per heavy atom. The molecule has 6 nitrogen and oxygen atoms in total. The lowest BCUT2D eigenvalue weighted by Gasteiger charge is -2.46. The van der Waals surface area contributed by atoms with E-state index in [9.17, 15) is 14.7 Å². The van der Waals surface area contributed by atoms with E-state index in [0.29, 0.717) is 5.69 Å². The van der Waals surface area contributed by atoms with Crippen LogP contribution in [-0.4, -0.2) is 30.7 Å². The van der Waals surface area contributed by atoms with Crippen LogP contribution >= 0.6 is 31.9 Å². The van der Waals surface area contributed by atoms with Gasteiger partial charge in [0.25, 0.3) is 0 Å². The van der Waals surface area contributed by atoms with Crippen LogP contribution < -0.4 is 9.80 Å². The fourth-order valence-electron chi connectivity index (χ4n) is 3.92. The van der Waals surface area contributed by atoms with Gasteiger partial charge in [-0.3, -0.25) is 0 Å². The van der Waals surface area contributed by atoms with Gasteiger partial charge < -0.3 is 19.6 Å². The van der Waals surface area contributed by atoms with Crippen LogP contribution in [0.5, 0.6) is 0 Å². The lowest BCUT2D eigenvalue weighted by Crippen LogP contribution is -2.50. The highest BCUT2D eigenvalue weighted by Crippen LogP contribution is 2.42. The quantitative estimate of drug-likeness (QED) is 0.393. The molecule has 3 aromatic rings. The van der Waals surface area contributed by atoms with Crippen molar-refractivity contribution in [1.82, 2.24) is 0 Å². The highest BCUT2D eigenvalue weighted by molar-refractivity contribution is 9.10. The molecule has 1 heterocycles. The molecule has 33 heavy (non-hydrogen) atoms. The average Bonchev–Trinajstić information content (AvgIpc) is 2.84. The predicted octanol–water partition coefficient (Wildman–Crippen LogP) is 5.75. The lowest BCUT2D eigenvalue weighted by molar-refractivity contribution is -0.138. The summed E-state index contributed by atoms with van der Waals surface area (Å²) in [7, 11) is 1.26. The van der Waals surface area contributed by atoms with E-state index in [0.717, 1.165) is 20.2 Å². The summed E-state index contributed by atoms with van der Waals surface area (Å²) < 4.78 is 6.83. The number of benzene rings is 3. The van der Waals surface area contributed by atoms with Gasteiger partial charge in [0.05, 0.1) is 19.2 Å². The third-order valence-electron chi connectivity index (χ3n) is 5.39. The van der Waals surface area contributed by atoms with Gasteiger partial charge in [0.1, 0.15) is 11.9 Å². The molecule has 1 atom stereocenters. The van der Waals surface area contributed by atoms with Crippen molar-refractivity contribution in [3.63, 3.8) is 0 Å². The molecule has 0 spiro atoms. The number of rotatable bonds is 5. The molecule has 8 heteroatoms. The molecule has 1 aliphatic heterocycles. The molecule has 0 aliphatic carbocycles. The van der Waals surface area contributed by atoms with E-state index in [1.54, 1.807) is 4.90 Å². The second kappa shape index (κ2) is 9.80. The van der Waals surface area contributed by atoms with Crippen molar-refractivity contribution in [2.45, 2.75) is 6.17 Å². The van der Waals surface area contributed by atoms with Crippen LogP contribution in [0, 0.1) is 0 Å². The van der Waals surface area contributed by atoms with Crippen molar-refractivity contribution in [1.29, 1.82) is 0 Å². The summed E-state index contributed by atoms with van der Waals surface area (Å²) in [5.41, 5.74) is 2.34. The third-order valence-corrected chi connectivity index (χ3v) is 6.45. The number of aliphatic carboxylic acids is 1. The molecule has 0 bridgehead atoms. The van der Waals surface area contributed by atoms with Gasteiger partial charge in [-0.25, -0.2) is 9.59 Å². The van der Waals surface area contributed by atoms with E-state index in [1.807, 2.05) is 83.8 Å². The van der Waals surface area contributed by atoms with Crippen molar-refractivity contribution >= 4 is 55.2 Å². The van der Waals surface area contributed by atoms with E-state index in [4.69, 9.17) is 4.74 Å². The molecule has 0 amide bonds. The molecular weight excluding hydrogens is 552 g/mol. The zero-order valence-corrected chi connectivity index (χ0v) is 20.8. The zero-order chi connectivity index (χ0) is 23.5. The van der Waals surface area contributed by atoms with E-state index < -0.39 is 18.1 Å². The number of nitrogens with zero attached hydrogens (tertiary/aromatic N) is 2. The summed E-state index contributed by atoms with van der Waals surface area (Å²) in [6.07, 6.45) is -0.495. The van der Waals surface area contributed by atoms with E-state index in [-0.39, 0.29) is 17.8 Å². The van der Waals surface area contributed by atoms with Crippen LogP contribution in [0.25, 0.3) is 0 Å². The molecule has 0 radical (unpaired) electrons. The Hall–Kier alpha value is -3.10. The first kappa shape index (κ1) is 23.1. The minimum atomic E-state index is -1.17. The van der Waals surface area contributed by atoms with Gasteiger partial charge in [-0.05, 0) is 54.1 Å². The standard InChI is InChI=1S/C25H20Br2N2O4/c1-33-25(32)22-21(24(30)31)15-28(19-11-7-17(26)8-12-19)23(16-5-3-2-4-6-16)29(22)20-13-9-18(27)10-14-20/h2-14,23H,15H2,1H3,(H,30,31). The minimum Gasteiger partial charge on any atom is -0.478 e. The van der Waals surface area contributed by atoms with Crippen molar-refractivity contribution in [2.24, 2.45) is 0 Å². The molecule has 1 unspecified atom stereocenters. The number of hydrogen-bond donors (Lipinski definition) is 1. The highest BCUT2D eigenvalue weighted by Gasteiger charge is 2.41. The Bertz CT molecular complexity index is 1200. The maximum absolute atomic E-state index is 13.0. The second-order valence-corrected chi connectivity index (χ2v) is 9.19. The van der Waals surface area contributed by atoms with Crippen LogP contribution in [-0.2, 0) is 14.3 Å². The Balaban J connectivity index is 2.02. The number of esters is 1. The van der Waals surface area contributed by atoms with Crippen molar-refractivity contribution < 1.29 is 19.4 Å². The van der Waals surface area contributed by atoms with Gasteiger partial charge in [-0.2, -0.15) is 0 Å². The molecule has 0 saturated carbocycles. The molecule has 4 rings (SSSR count). The largest absolute Gasteiger partial charge is 0.478 e. The molecule has 0 fully saturated rings. The summed E-state index contributed by atoms with van der Waals surface area (Å²) in [6.45, 7) is 0.0218. The zero-order valence-electron chi connectivity index (χ0n) is 17.6. The summed E-state index contributed by atoms with van der Waals surface area (Å²) in [5, 5.41) is 10.1. The van der Waals surface area contributed by atoms with Gasteiger partial charge in [0.15, 0.2) is 0 Å². The second-order valence-electron chi connectivity index (χ2n) is 7.36. The normalized spacial score (nSPS) is 16.0. The first-order valence-electron chi connectivity index (χ1n) is 10.1. The topological polar surface area (TPSA) is 70.1 Å². The number of carboxylic acids is 1. The Kier molecular flexibility index (Phi) is 6.85. The number of ether oxygens (including phenoxy) is 1.